The van der Waals surface area contributed by atoms with Crippen LogP contribution in [0.15, 0.2) is 76.6 Å². The van der Waals surface area contributed by atoms with E-state index in [9.17, 15) is 9.18 Å². The number of nitrogens with zero attached hydrogens (tertiary/aromatic N) is 4. The summed E-state index contributed by atoms with van der Waals surface area (Å²) in [5.74, 6) is 0.681. The molecule has 0 aliphatic carbocycles. The molecule has 158 valence electrons. The molecule has 0 saturated heterocycles. The predicted molar refractivity (Wildman–Crippen MR) is 122 cm³/mol. The lowest BCUT2D eigenvalue weighted by Gasteiger charge is -2.16. The normalized spacial score (nSPS) is 10.9. The monoisotopic (exact) mass is 452 g/mol. The molecule has 4 aromatic rings. The Hall–Kier alpha value is -2.97. The number of rotatable bonds is 8. The van der Waals surface area contributed by atoms with Gasteiger partial charge in [-0.15, -0.1) is 10.2 Å². The molecule has 2 aromatic heterocycles. The number of thiophene rings is 1. The zero-order chi connectivity index (χ0) is 21.6. The van der Waals surface area contributed by atoms with Crippen molar-refractivity contribution in [2.24, 2.45) is 0 Å². The summed E-state index contributed by atoms with van der Waals surface area (Å²) in [4.78, 5) is 14.3. The quantitative estimate of drug-likeness (QED) is 0.360. The van der Waals surface area contributed by atoms with E-state index in [1.165, 1.54) is 23.9 Å². The minimum Gasteiger partial charge on any atom is -0.341 e. The van der Waals surface area contributed by atoms with Gasteiger partial charge in [0.1, 0.15) is 11.6 Å². The van der Waals surface area contributed by atoms with Gasteiger partial charge in [-0.2, -0.15) is 11.3 Å². The van der Waals surface area contributed by atoms with Crippen molar-refractivity contribution in [3.8, 4) is 5.69 Å². The fourth-order valence-electron chi connectivity index (χ4n) is 3.12. The molecule has 1 amide bonds. The first-order valence-corrected chi connectivity index (χ1v) is 11.6. The number of amides is 1. The van der Waals surface area contributed by atoms with Crippen molar-refractivity contribution in [1.82, 2.24) is 19.7 Å². The Bertz CT molecular complexity index is 1130. The zero-order valence-electron chi connectivity index (χ0n) is 16.9. The Kier molecular flexibility index (Phi) is 6.79. The molecule has 8 heteroatoms. The molecular weight excluding hydrogens is 431 g/mol. The molecule has 0 atom stereocenters. The summed E-state index contributed by atoms with van der Waals surface area (Å²) in [6.45, 7) is 0.576. The topological polar surface area (TPSA) is 51.0 Å². The molecule has 0 saturated carbocycles. The molecule has 0 aliphatic heterocycles. The van der Waals surface area contributed by atoms with Gasteiger partial charge in [-0.3, -0.25) is 9.36 Å². The van der Waals surface area contributed by atoms with E-state index in [0.29, 0.717) is 18.1 Å². The van der Waals surface area contributed by atoms with Crippen molar-refractivity contribution in [2.75, 3.05) is 12.8 Å². The number of aromatic nitrogens is 3. The third-order valence-electron chi connectivity index (χ3n) is 4.74. The van der Waals surface area contributed by atoms with E-state index < -0.39 is 0 Å². The number of carbonyl (C=O) groups is 1. The van der Waals surface area contributed by atoms with Crippen LogP contribution in [0.4, 0.5) is 4.39 Å². The largest absolute Gasteiger partial charge is 0.341 e. The van der Waals surface area contributed by atoms with Crippen molar-refractivity contribution >= 4 is 29.0 Å². The number of hydrogen-bond acceptors (Lipinski definition) is 5. The van der Waals surface area contributed by atoms with Crippen LogP contribution in [0.3, 0.4) is 0 Å². The molecule has 0 spiro atoms. The predicted octanol–water partition coefficient (Wildman–Crippen LogP) is 4.81. The van der Waals surface area contributed by atoms with Crippen LogP contribution in [0.25, 0.3) is 5.69 Å². The van der Waals surface area contributed by atoms with E-state index >= 15 is 0 Å². The fraction of sp³-hybridized carbons (Fsp3) is 0.174. The third-order valence-corrected chi connectivity index (χ3v) is 6.39. The van der Waals surface area contributed by atoms with Crippen molar-refractivity contribution in [1.29, 1.82) is 0 Å². The van der Waals surface area contributed by atoms with E-state index in [1.54, 1.807) is 35.4 Å². The van der Waals surface area contributed by atoms with Crippen LogP contribution in [0.1, 0.15) is 17.0 Å². The lowest BCUT2D eigenvalue weighted by molar-refractivity contribution is -0.127. The Balaban J connectivity index is 1.53. The van der Waals surface area contributed by atoms with Crippen LogP contribution in [0, 0.1) is 5.82 Å². The van der Waals surface area contributed by atoms with Crippen LogP contribution in [-0.4, -0.2) is 38.4 Å². The van der Waals surface area contributed by atoms with Gasteiger partial charge < -0.3 is 4.90 Å². The number of carbonyl (C=O) groups excluding carboxylic acids is 1. The van der Waals surface area contributed by atoms with Crippen molar-refractivity contribution in [3.63, 3.8) is 0 Å². The van der Waals surface area contributed by atoms with Gasteiger partial charge in [0.2, 0.25) is 5.91 Å². The molecule has 5 nitrogen and oxygen atoms in total. The summed E-state index contributed by atoms with van der Waals surface area (Å²) < 4.78 is 15.4. The Labute approximate surface area is 188 Å². The van der Waals surface area contributed by atoms with Gasteiger partial charge >= 0.3 is 0 Å². The van der Waals surface area contributed by atoms with E-state index in [1.807, 2.05) is 51.7 Å². The summed E-state index contributed by atoms with van der Waals surface area (Å²) in [6, 6.07) is 18.2. The van der Waals surface area contributed by atoms with Crippen LogP contribution < -0.4 is 0 Å². The lowest BCUT2D eigenvalue weighted by atomic mass is 10.1. The maximum Gasteiger partial charge on any atom is 0.233 e. The number of halogens is 1. The van der Waals surface area contributed by atoms with Crippen LogP contribution in [-0.2, 0) is 17.8 Å². The standard InChI is InChI=1S/C23H21FN4OS2/c1-27(14-18-11-12-30-15-18)22(29)16-31-23-26-25-21(13-17-5-3-2-4-6-17)28(23)20-9-7-19(24)8-10-20/h2-12,15H,13-14,16H2,1H3. The molecule has 2 heterocycles. The average Bonchev–Trinajstić information content (AvgIpc) is 3.43. The minimum absolute atomic E-state index is 0.00876. The Morgan fingerprint density at radius 2 is 1.84 bits per heavy atom. The second kappa shape index (κ2) is 9.89. The Morgan fingerprint density at radius 3 is 2.55 bits per heavy atom. The molecular formula is C23H21FN4OS2. The fourth-order valence-corrected chi connectivity index (χ4v) is 4.69. The zero-order valence-corrected chi connectivity index (χ0v) is 18.6. The molecule has 0 aliphatic rings. The van der Waals surface area contributed by atoms with Crippen molar-refractivity contribution < 1.29 is 9.18 Å². The summed E-state index contributed by atoms with van der Waals surface area (Å²) in [5.41, 5.74) is 2.98. The van der Waals surface area contributed by atoms with E-state index in [4.69, 9.17) is 0 Å². The highest BCUT2D eigenvalue weighted by molar-refractivity contribution is 7.99. The van der Waals surface area contributed by atoms with Gasteiger partial charge in [0.25, 0.3) is 0 Å². The third kappa shape index (κ3) is 5.39. The van der Waals surface area contributed by atoms with E-state index in [-0.39, 0.29) is 17.5 Å². The van der Waals surface area contributed by atoms with Crippen LogP contribution >= 0.6 is 23.1 Å². The second-order valence-electron chi connectivity index (χ2n) is 7.04. The highest BCUT2D eigenvalue weighted by Gasteiger charge is 2.18. The second-order valence-corrected chi connectivity index (χ2v) is 8.77. The van der Waals surface area contributed by atoms with E-state index in [0.717, 1.165) is 22.6 Å². The minimum atomic E-state index is -0.305. The van der Waals surface area contributed by atoms with Gasteiger partial charge in [0.15, 0.2) is 5.16 Å². The summed E-state index contributed by atoms with van der Waals surface area (Å²) in [7, 11) is 1.80. The highest BCUT2D eigenvalue weighted by atomic mass is 32.2. The molecule has 4 rings (SSSR count). The van der Waals surface area contributed by atoms with Gasteiger partial charge in [-0.1, -0.05) is 42.1 Å². The van der Waals surface area contributed by atoms with Crippen LogP contribution in [0.2, 0.25) is 0 Å². The molecule has 0 N–H and O–H groups in total. The first-order valence-electron chi connectivity index (χ1n) is 9.72. The molecule has 0 radical (unpaired) electrons. The van der Waals surface area contributed by atoms with Gasteiger partial charge in [-0.25, -0.2) is 4.39 Å². The van der Waals surface area contributed by atoms with Gasteiger partial charge in [0.05, 0.1) is 5.75 Å². The maximum atomic E-state index is 13.5. The van der Waals surface area contributed by atoms with Crippen molar-refractivity contribution in [2.45, 2.75) is 18.1 Å². The Morgan fingerprint density at radius 1 is 1.06 bits per heavy atom. The maximum absolute atomic E-state index is 13.5. The number of thioether (sulfide) groups is 1. The SMILES string of the molecule is CN(Cc1ccsc1)C(=O)CSc1nnc(Cc2ccccc2)n1-c1ccc(F)cc1. The van der Waals surface area contributed by atoms with Crippen LogP contribution in [0.5, 0.6) is 0 Å². The van der Waals surface area contributed by atoms with Gasteiger partial charge in [0, 0.05) is 25.7 Å². The molecule has 0 unspecified atom stereocenters. The molecule has 2 aromatic carbocycles. The van der Waals surface area contributed by atoms with E-state index in [2.05, 4.69) is 10.2 Å². The first-order chi connectivity index (χ1) is 15.1. The number of hydrogen-bond donors (Lipinski definition) is 0. The lowest BCUT2D eigenvalue weighted by Crippen LogP contribution is -2.27. The first kappa shape index (κ1) is 21.3. The average molecular weight is 453 g/mol. The smallest absolute Gasteiger partial charge is 0.233 e. The van der Waals surface area contributed by atoms with Gasteiger partial charge in [-0.05, 0) is 52.2 Å². The summed E-state index contributed by atoms with van der Waals surface area (Å²) in [5, 5.41) is 13.3. The highest BCUT2D eigenvalue weighted by Crippen LogP contribution is 2.24. The summed E-state index contributed by atoms with van der Waals surface area (Å²) >= 11 is 2.95. The number of benzene rings is 2. The molecule has 31 heavy (non-hydrogen) atoms. The van der Waals surface area contributed by atoms with Crippen molar-refractivity contribution in [3.05, 3.63) is 94.2 Å². The summed E-state index contributed by atoms with van der Waals surface area (Å²) in [6.07, 6.45) is 0.581. The molecule has 0 bridgehead atoms. The molecule has 0 fully saturated rings.